The maximum absolute atomic E-state index is 12.7. The van der Waals surface area contributed by atoms with Crippen molar-refractivity contribution >= 4 is 21.4 Å². The third-order valence-electron chi connectivity index (χ3n) is 4.97. The van der Waals surface area contributed by atoms with E-state index in [2.05, 4.69) is 14.7 Å². The second kappa shape index (κ2) is 7.28. The van der Waals surface area contributed by atoms with Crippen molar-refractivity contribution in [3.05, 3.63) is 35.7 Å². The summed E-state index contributed by atoms with van der Waals surface area (Å²) in [5.74, 6) is 0. The summed E-state index contributed by atoms with van der Waals surface area (Å²) in [4.78, 5) is 2.54. The molecule has 3 rings (SSSR count). The fourth-order valence-electron chi connectivity index (χ4n) is 3.44. The standard InChI is InChI=1S/C18H26N4O3S/c1-13-18(14(2)21(3)19-13)26(23,24)20-15-5-7-16(8-6-15)22-11-9-17(25-4)10-12-22/h5-8,17,20H,9-12H2,1-4H3. The third-order valence-corrected chi connectivity index (χ3v) is 6.60. The van der Waals surface area contributed by atoms with Crippen molar-refractivity contribution in [2.45, 2.75) is 37.7 Å². The molecule has 1 aliphatic rings. The highest BCUT2D eigenvalue weighted by molar-refractivity contribution is 7.92. The van der Waals surface area contributed by atoms with E-state index in [1.165, 1.54) is 0 Å². The number of anilines is 2. The average Bonchev–Trinajstić information content (AvgIpc) is 2.88. The van der Waals surface area contributed by atoms with Crippen LogP contribution in [0.2, 0.25) is 0 Å². The van der Waals surface area contributed by atoms with Crippen LogP contribution < -0.4 is 9.62 Å². The van der Waals surface area contributed by atoms with Gasteiger partial charge in [-0.2, -0.15) is 5.10 Å². The summed E-state index contributed by atoms with van der Waals surface area (Å²) in [7, 11) is -0.170. The molecule has 142 valence electrons. The molecule has 0 unspecified atom stereocenters. The van der Waals surface area contributed by atoms with E-state index in [-0.39, 0.29) is 4.90 Å². The minimum absolute atomic E-state index is 0.241. The second-order valence-corrected chi connectivity index (χ2v) is 8.32. The van der Waals surface area contributed by atoms with Crippen molar-refractivity contribution in [3.63, 3.8) is 0 Å². The zero-order chi connectivity index (χ0) is 18.9. The lowest BCUT2D eigenvalue weighted by Crippen LogP contribution is -2.36. The molecule has 0 saturated carbocycles. The Balaban J connectivity index is 1.73. The maximum atomic E-state index is 12.7. The summed E-state index contributed by atoms with van der Waals surface area (Å²) in [5.41, 5.74) is 2.75. The van der Waals surface area contributed by atoms with Gasteiger partial charge in [-0.25, -0.2) is 8.42 Å². The van der Waals surface area contributed by atoms with E-state index < -0.39 is 10.0 Å². The number of nitrogens with one attached hydrogen (secondary N) is 1. The number of aryl methyl sites for hydroxylation is 2. The lowest BCUT2D eigenvalue weighted by atomic mass is 10.1. The van der Waals surface area contributed by atoms with E-state index in [0.717, 1.165) is 31.6 Å². The molecule has 1 fully saturated rings. The molecule has 0 atom stereocenters. The Morgan fingerprint density at radius 2 is 1.77 bits per heavy atom. The van der Waals surface area contributed by atoms with E-state index >= 15 is 0 Å². The largest absolute Gasteiger partial charge is 0.381 e. The summed E-state index contributed by atoms with van der Waals surface area (Å²) in [6.45, 7) is 5.34. The molecule has 1 aromatic heterocycles. The maximum Gasteiger partial charge on any atom is 0.265 e. The molecular weight excluding hydrogens is 352 g/mol. The highest BCUT2D eigenvalue weighted by Gasteiger charge is 2.24. The minimum Gasteiger partial charge on any atom is -0.381 e. The predicted octanol–water partition coefficient (Wildman–Crippen LogP) is 2.45. The Labute approximate surface area is 155 Å². The fraction of sp³-hybridized carbons (Fsp3) is 0.500. The molecule has 1 saturated heterocycles. The highest BCUT2D eigenvalue weighted by atomic mass is 32.2. The van der Waals surface area contributed by atoms with Gasteiger partial charge in [-0.05, 0) is 51.0 Å². The molecule has 0 bridgehead atoms. The Hall–Kier alpha value is -2.06. The first-order chi connectivity index (χ1) is 12.3. The molecule has 1 aliphatic heterocycles. The first-order valence-electron chi connectivity index (χ1n) is 8.72. The molecule has 0 spiro atoms. The van der Waals surface area contributed by atoms with E-state index in [1.807, 2.05) is 12.1 Å². The molecule has 26 heavy (non-hydrogen) atoms. The van der Waals surface area contributed by atoms with Gasteiger partial charge in [-0.3, -0.25) is 9.40 Å². The Kier molecular flexibility index (Phi) is 5.24. The SMILES string of the molecule is COC1CCN(c2ccc(NS(=O)(=O)c3c(C)nn(C)c3C)cc2)CC1. The van der Waals surface area contributed by atoms with Crippen molar-refractivity contribution in [2.24, 2.45) is 7.05 Å². The Morgan fingerprint density at radius 3 is 2.27 bits per heavy atom. The predicted molar refractivity (Wildman–Crippen MR) is 102 cm³/mol. The average molecular weight is 378 g/mol. The van der Waals surface area contributed by atoms with Gasteiger partial charge >= 0.3 is 0 Å². The lowest BCUT2D eigenvalue weighted by molar-refractivity contribution is 0.0819. The van der Waals surface area contributed by atoms with E-state index in [1.54, 1.807) is 44.8 Å². The third kappa shape index (κ3) is 3.71. The highest BCUT2D eigenvalue weighted by Crippen LogP contribution is 2.25. The quantitative estimate of drug-likeness (QED) is 0.865. The van der Waals surface area contributed by atoms with Gasteiger partial charge in [-0.1, -0.05) is 0 Å². The summed E-state index contributed by atoms with van der Waals surface area (Å²) >= 11 is 0. The molecule has 7 nitrogen and oxygen atoms in total. The molecule has 2 heterocycles. The lowest BCUT2D eigenvalue weighted by Gasteiger charge is -2.33. The number of ether oxygens (including phenoxy) is 1. The van der Waals surface area contributed by atoms with Crippen LogP contribution in [0.4, 0.5) is 11.4 Å². The van der Waals surface area contributed by atoms with E-state index in [4.69, 9.17) is 4.74 Å². The van der Waals surface area contributed by atoms with Gasteiger partial charge < -0.3 is 9.64 Å². The molecule has 1 N–H and O–H groups in total. The molecule has 1 aromatic carbocycles. The summed E-state index contributed by atoms with van der Waals surface area (Å²) in [5, 5.41) is 4.19. The number of hydrogen-bond donors (Lipinski definition) is 1. The van der Waals surface area contributed by atoms with Crippen LogP contribution in [0.1, 0.15) is 24.2 Å². The van der Waals surface area contributed by atoms with Crippen LogP contribution >= 0.6 is 0 Å². The zero-order valence-electron chi connectivity index (χ0n) is 15.7. The van der Waals surface area contributed by atoms with Crippen LogP contribution in [0.3, 0.4) is 0 Å². The molecule has 0 aliphatic carbocycles. The Bertz CT molecular complexity index is 867. The molecule has 0 radical (unpaired) electrons. The monoisotopic (exact) mass is 378 g/mol. The number of benzene rings is 1. The van der Waals surface area contributed by atoms with Gasteiger partial charge in [0.2, 0.25) is 0 Å². The van der Waals surface area contributed by atoms with Crippen molar-refractivity contribution in [1.82, 2.24) is 9.78 Å². The van der Waals surface area contributed by atoms with Crippen molar-refractivity contribution < 1.29 is 13.2 Å². The van der Waals surface area contributed by atoms with Crippen LogP contribution in [0.15, 0.2) is 29.2 Å². The van der Waals surface area contributed by atoms with Crippen molar-refractivity contribution in [1.29, 1.82) is 0 Å². The van der Waals surface area contributed by atoms with Gasteiger partial charge in [0.05, 0.1) is 17.5 Å². The van der Waals surface area contributed by atoms with Gasteiger partial charge in [-0.15, -0.1) is 0 Å². The van der Waals surface area contributed by atoms with Gasteiger partial charge in [0.25, 0.3) is 10.0 Å². The number of piperidine rings is 1. The summed E-state index contributed by atoms with van der Waals surface area (Å²) in [6.07, 6.45) is 2.35. The van der Waals surface area contributed by atoms with Crippen LogP contribution in [0.25, 0.3) is 0 Å². The second-order valence-electron chi connectivity index (χ2n) is 6.70. The number of rotatable bonds is 5. The first-order valence-corrected chi connectivity index (χ1v) is 10.2. The summed E-state index contributed by atoms with van der Waals surface area (Å²) < 4.78 is 35.1. The molecule has 2 aromatic rings. The van der Waals surface area contributed by atoms with Gasteiger partial charge in [0.1, 0.15) is 4.90 Å². The Morgan fingerprint density at radius 1 is 1.15 bits per heavy atom. The summed E-state index contributed by atoms with van der Waals surface area (Å²) in [6, 6.07) is 7.51. The van der Waals surface area contributed by atoms with Crippen LogP contribution in [-0.2, 0) is 21.8 Å². The molecule has 0 amide bonds. The van der Waals surface area contributed by atoms with Crippen molar-refractivity contribution in [2.75, 3.05) is 29.8 Å². The van der Waals surface area contributed by atoms with E-state index in [9.17, 15) is 8.42 Å². The number of methoxy groups -OCH3 is 1. The smallest absolute Gasteiger partial charge is 0.265 e. The number of sulfonamides is 1. The molecule has 8 heteroatoms. The number of hydrogen-bond acceptors (Lipinski definition) is 5. The van der Waals surface area contributed by atoms with Gasteiger partial charge in [0, 0.05) is 38.6 Å². The van der Waals surface area contributed by atoms with Crippen LogP contribution in [0.5, 0.6) is 0 Å². The molecular formula is C18H26N4O3S. The normalized spacial score (nSPS) is 16.1. The number of nitrogens with zero attached hydrogens (tertiary/aromatic N) is 3. The zero-order valence-corrected chi connectivity index (χ0v) is 16.5. The topological polar surface area (TPSA) is 76.5 Å². The van der Waals surface area contributed by atoms with Gasteiger partial charge in [0.15, 0.2) is 0 Å². The van der Waals surface area contributed by atoms with E-state index in [0.29, 0.717) is 23.2 Å². The number of aromatic nitrogens is 2. The fourth-order valence-corrected chi connectivity index (χ4v) is 4.94. The van der Waals surface area contributed by atoms with Crippen LogP contribution in [-0.4, -0.2) is 44.5 Å². The first kappa shape index (κ1) is 18.7. The minimum atomic E-state index is -3.67. The van der Waals surface area contributed by atoms with Crippen LogP contribution in [0, 0.1) is 13.8 Å². The van der Waals surface area contributed by atoms with Crippen molar-refractivity contribution in [3.8, 4) is 0 Å².